The number of halogens is 1. The van der Waals surface area contributed by atoms with Crippen molar-refractivity contribution in [3.63, 3.8) is 0 Å². The van der Waals surface area contributed by atoms with E-state index in [1.807, 2.05) is 18.2 Å². The van der Waals surface area contributed by atoms with Crippen LogP contribution in [0.15, 0.2) is 18.2 Å². The summed E-state index contributed by atoms with van der Waals surface area (Å²) in [6, 6.07) is 6.12. The van der Waals surface area contributed by atoms with Gasteiger partial charge in [-0.2, -0.15) is 0 Å². The van der Waals surface area contributed by atoms with Crippen molar-refractivity contribution in [3.05, 3.63) is 21.8 Å². The number of nitrogens with two attached hydrogens (primary N) is 1. The van der Waals surface area contributed by atoms with Crippen LogP contribution >= 0.6 is 22.6 Å². The lowest BCUT2D eigenvalue weighted by atomic mass is 10.0. The van der Waals surface area contributed by atoms with Crippen LogP contribution in [-0.4, -0.2) is 17.8 Å². The normalized spacial score (nSPS) is 12.8. The van der Waals surface area contributed by atoms with Crippen molar-refractivity contribution in [1.82, 2.24) is 0 Å². The van der Waals surface area contributed by atoms with E-state index in [-0.39, 0.29) is 6.61 Å². The summed E-state index contributed by atoms with van der Waals surface area (Å²) >= 11 is 2.27. The molecule has 0 saturated heterocycles. The number of hydrogen-bond acceptors (Lipinski definition) is 3. The Balaban J connectivity index is 2.77. The van der Waals surface area contributed by atoms with Gasteiger partial charge in [-0.05, 0) is 53.1 Å². The smallest absolute Gasteiger partial charge is 0.0479 e. The van der Waals surface area contributed by atoms with Crippen LogP contribution in [0.5, 0.6) is 0 Å². The molecular weight excluding hydrogens is 315 g/mol. The number of nitrogens with one attached hydrogen (secondary N) is 1. The quantitative estimate of drug-likeness (QED) is 0.573. The number of nitrogen functional groups attached to an aromatic ring is 1. The fraction of sp³-hybridized carbons (Fsp3) is 0.500. The predicted octanol–water partition coefficient (Wildman–Crippen LogP) is 2.69. The van der Waals surface area contributed by atoms with Crippen molar-refractivity contribution < 1.29 is 5.11 Å². The van der Waals surface area contributed by atoms with Crippen LogP contribution in [0.25, 0.3) is 0 Å². The Morgan fingerprint density at radius 1 is 1.44 bits per heavy atom. The van der Waals surface area contributed by atoms with Crippen molar-refractivity contribution in [1.29, 1.82) is 0 Å². The van der Waals surface area contributed by atoms with E-state index in [4.69, 9.17) is 10.8 Å². The van der Waals surface area contributed by atoms with Crippen LogP contribution in [0.2, 0.25) is 0 Å². The molecule has 1 unspecified atom stereocenters. The molecule has 4 N–H and O–H groups in total. The third-order valence-electron chi connectivity index (χ3n) is 2.58. The lowest BCUT2D eigenvalue weighted by molar-refractivity contribution is 0.267. The molecule has 4 heteroatoms. The number of aliphatic hydroxyl groups excluding tert-OH is 1. The maximum Gasteiger partial charge on any atom is 0.0479 e. The highest BCUT2D eigenvalue weighted by Gasteiger charge is 2.13. The highest BCUT2D eigenvalue weighted by atomic mass is 127. The number of hydrogen-bond donors (Lipinski definition) is 3. The molecule has 0 amide bonds. The number of anilines is 2. The molecule has 1 rings (SSSR count). The molecule has 90 valence electrons. The molecule has 1 aromatic carbocycles. The molecule has 0 aliphatic heterocycles. The number of aliphatic hydroxyl groups is 1. The van der Waals surface area contributed by atoms with E-state index in [1.165, 1.54) is 0 Å². The van der Waals surface area contributed by atoms with Crippen LogP contribution in [-0.2, 0) is 0 Å². The lowest BCUT2D eigenvalue weighted by Gasteiger charge is -2.23. The van der Waals surface area contributed by atoms with Gasteiger partial charge in [0.25, 0.3) is 0 Å². The lowest BCUT2D eigenvalue weighted by Crippen LogP contribution is -2.27. The van der Waals surface area contributed by atoms with E-state index < -0.39 is 0 Å². The van der Waals surface area contributed by atoms with Crippen LogP contribution in [0.3, 0.4) is 0 Å². The van der Waals surface area contributed by atoms with Crippen LogP contribution in [0.1, 0.15) is 20.3 Å². The topological polar surface area (TPSA) is 58.3 Å². The van der Waals surface area contributed by atoms with E-state index in [0.29, 0.717) is 12.0 Å². The molecule has 0 bridgehead atoms. The molecule has 0 aromatic heterocycles. The van der Waals surface area contributed by atoms with Gasteiger partial charge < -0.3 is 16.2 Å². The molecule has 0 spiro atoms. The number of benzene rings is 1. The Bertz CT molecular complexity index is 342. The molecule has 0 aliphatic carbocycles. The van der Waals surface area contributed by atoms with Gasteiger partial charge in [-0.25, -0.2) is 0 Å². The average molecular weight is 334 g/mol. The summed E-state index contributed by atoms with van der Waals surface area (Å²) in [5.41, 5.74) is 7.57. The second-order valence-corrected chi connectivity index (χ2v) is 5.41. The minimum atomic E-state index is 0.210. The monoisotopic (exact) mass is 334 g/mol. The molecule has 0 aliphatic rings. The fourth-order valence-electron chi connectivity index (χ4n) is 1.56. The van der Waals surface area contributed by atoms with Gasteiger partial charge in [0.15, 0.2) is 0 Å². The largest absolute Gasteiger partial charge is 0.399 e. The Kier molecular flexibility index (Phi) is 5.34. The van der Waals surface area contributed by atoms with Gasteiger partial charge in [-0.1, -0.05) is 13.8 Å². The summed E-state index contributed by atoms with van der Waals surface area (Å²) in [4.78, 5) is 0. The Hall–Kier alpha value is -0.490. The SMILES string of the molecule is CC(C)C(CCO)Nc1ccc(N)cc1I. The zero-order valence-electron chi connectivity index (χ0n) is 9.70. The molecule has 3 nitrogen and oxygen atoms in total. The highest BCUT2D eigenvalue weighted by Crippen LogP contribution is 2.23. The summed E-state index contributed by atoms with van der Waals surface area (Å²) < 4.78 is 1.11. The molecule has 0 heterocycles. The summed E-state index contributed by atoms with van der Waals surface area (Å²) in [6.07, 6.45) is 0.762. The first-order valence-corrected chi connectivity index (χ1v) is 6.55. The van der Waals surface area contributed by atoms with Crippen molar-refractivity contribution in [2.45, 2.75) is 26.3 Å². The summed E-state index contributed by atoms with van der Waals surface area (Å²) in [5.74, 6) is 0.487. The second-order valence-electron chi connectivity index (χ2n) is 4.25. The van der Waals surface area contributed by atoms with Crippen molar-refractivity contribution >= 4 is 34.0 Å². The zero-order chi connectivity index (χ0) is 12.1. The third-order valence-corrected chi connectivity index (χ3v) is 3.47. The average Bonchev–Trinajstić information content (AvgIpc) is 2.20. The second kappa shape index (κ2) is 6.30. The minimum absolute atomic E-state index is 0.210. The van der Waals surface area contributed by atoms with Crippen LogP contribution < -0.4 is 11.1 Å². The maximum atomic E-state index is 9.02. The molecule has 0 saturated carbocycles. The molecule has 0 radical (unpaired) electrons. The van der Waals surface area contributed by atoms with Crippen molar-refractivity contribution in [2.75, 3.05) is 17.7 Å². The summed E-state index contributed by atoms with van der Waals surface area (Å²) in [6.45, 7) is 4.51. The molecule has 1 atom stereocenters. The third kappa shape index (κ3) is 3.83. The van der Waals surface area contributed by atoms with E-state index in [2.05, 4.69) is 41.8 Å². The fourth-order valence-corrected chi connectivity index (χ4v) is 2.25. The van der Waals surface area contributed by atoms with Gasteiger partial charge in [0.2, 0.25) is 0 Å². The predicted molar refractivity (Wildman–Crippen MR) is 77.5 cm³/mol. The Morgan fingerprint density at radius 2 is 2.12 bits per heavy atom. The Labute approximate surface area is 111 Å². The molecule has 16 heavy (non-hydrogen) atoms. The Morgan fingerprint density at radius 3 is 2.62 bits per heavy atom. The summed E-state index contributed by atoms with van der Waals surface area (Å²) in [5, 5.41) is 12.5. The zero-order valence-corrected chi connectivity index (χ0v) is 11.9. The van der Waals surface area contributed by atoms with Gasteiger partial charge in [0.05, 0.1) is 0 Å². The van der Waals surface area contributed by atoms with Crippen LogP contribution in [0, 0.1) is 9.49 Å². The van der Waals surface area contributed by atoms with E-state index in [1.54, 1.807) is 0 Å². The minimum Gasteiger partial charge on any atom is -0.399 e. The van der Waals surface area contributed by atoms with Crippen molar-refractivity contribution in [2.24, 2.45) is 5.92 Å². The maximum absolute atomic E-state index is 9.02. The van der Waals surface area contributed by atoms with Gasteiger partial charge in [0, 0.05) is 27.6 Å². The molecule has 0 fully saturated rings. The van der Waals surface area contributed by atoms with Gasteiger partial charge in [-0.3, -0.25) is 0 Å². The highest BCUT2D eigenvalue weighted by molar-refractivity contribution is 14.1. The van der Waals surface area contributed by atoms with Gasteiger partial charge in [-0.15, -0.1) is 0 Å². The molecule has 1 aromatic rings. The van der Waals surface area contributed by atoms with Gasteiger partial charge >= 0.3 is 0 Å². The van der Waals surface area contributed by atoms with E-state index >= 15 is 0 Å². The van der Waals surface area contributed by atoms with Gasteiger partial charge in [0.1, 0.15) is 0 Å². The van der Waals surface area contributed by atoms with E-state index in [9.17, 15) is 0 Å². The number of rotatable bonds is 5. The van der Waals surface area contributed by atoms with E-state index in [0.717, 1.165) is 21.4 Å². The van der Waals surface area contributed by atoms with Crippen LogP contribution in [0.4, 0.5) is 11.4 Å². The first-order valence-electron chi connectivity index (χ1n) is 5.47. The standard InChI is InChI=1S/C12H19IN2O/c1-8(2)11(5-6-16)15-12-4-3-9(14)7-10(12)13/h3-4,7-8,11,15-16H,5-6,14H2,1-2H3. The first kappa shape index (κ1) is 13.6. The van der Waals surface area contributed by atoms with Crippen molar-refractivity contribution in [3.8, 4) is 0 Å². The summed E-state index contributed by atoms with van der Waals surface area (Å²) in [7, 11) is 0. The first-order chi connectivity index (χ1) is 7.54. The molecular formula is C12H19IN2O.